The lowest BCUT2D eigenvalue weighted by atomic mass is 9.92. The number of hydrogen-bond acceptors (Lipinski definition) is 7. The van der Waals surface area contributed by atoms with Gasteiger partial charge < -0.3 is 18.6 Å². The van der Waals surface area contributed by atoms with E-state index in [2.05, 4.69) is 5.48 Å². The van der Waals surface area contributed by atoms with Crippen LogP contribution in [0.4, 0.5) is 0 Å². The molecule has 0 saturated carbocycles. The standard InChI is InChI=1S/C12H14NO6P/c1-6-8-10(19-13-6)7-4-5-18-11(7)9(14)12(8)20(15,16-2)17-3/h4-6,11,13H,1-3H3. The van der Waals surface area contributed by atoms with E-state index in [0.29, 0.717) is 16.9 Å². The van der Waals surface area contributed by atoms with Gasteiger partial charge in [0, 0.05) is 25.4 Å². The van der Waals surface area contributed by atoms with Gasteiger partial charge in [-0.25, -0.2) is 0 Å². The Kier molecular flexibility index (Phi) is 3.10. The number of fused-ring (bicyclic) bond motifs is 2. The van der Waals surface area contributed by atoms with E-state index >= 15 is 0 Å². The van der Waals surface area contributed by atoms with Crippen molar-refractivity contribution in [1.29, 1.82) is 0 Å². The van der Waals surface area contributed by atoms with Gasteiger partial charge in [-0.15, -0.1) is 5.48 Å². The molecule has 1 N–H and O–H groups in total. The lowest BCUT2D eigenvalue weighted by Crippen LogP contribution is -2.31. The SMILES string of the molecule is COP(=O)(OC)C1=C2C(=C3C=COC3C1=O)ONC2C. The van der Waals surface area contributed by atoms with E-state index in [1.165, 1.54) is 20.5 Å². The maximum Gasteiger partial charge on any atom is 0.365 e. The largest absolute Gasteiger partial charge is 0.485 e. The molecule has 0 aromatic carbocycles. The van der Waals surface area contributed by atoms with Gasteiger partial charge in [-0.2, -0.15) is 0 Å². The normalized spacial score (nSPS) is 28.4. The van der Waals surface area contributed by atoms with E-state index in [9.17, 15) is 9.36 Å². The Morgan fingerprint density at radius 1 is 1.35 bits per heavy atom. The zero-order valence-electron chi connectivity index (χ0n) is 11.2. The van der Waals surface area contributed by atoms with E-state index in [-0.39, 0.29) is 11.4 Å². The topological polar surface area (TPSA) is 83.1 Å². The van der Waals surface area contributed by atoms with Crippen molar-refractivity contribution in [2.24, 2.45) is 0 Å². The molecule has 1 aliphatic carbocycles. The number of carbonyl (C=O) groups is 1. The maximum absolute atomic E-state index is 12.7. The number of hydroxylamine groups is 1. The highest BCUT2D eigenvalue weighted by atomic mass is 31.2. The van der Waals surface area contributed by atoms with Gasteiger partial charge in [0.2, 0.25) is 5.78 Å². The first-order valence-corrected chi connectivity index (χ1v) is 7.57. The minimum absolute atomic E-state index is 0.00699. The Morgan fingerprint density at radius 2 is 2.05 bits per heavy atom. The highest BCUT2D eigenvalue weighted by Gasteiger charge is 2.50. The Bertz CT molecular complexity index is 611. The van der Waals surface area contributed by atoms with Gasteiger partial charge in [-0.05, 0) is 13.0 Å². The second-order valence-corrected chi connectivity index (χ2v) is 6.71. The Morgan fingerprint density at radius 3 is 2.70 bits per heavy atom. The van der Waals surface area contributed by atoms with Crippen LogP contribution in [-0.4, -0.2) is 32.1 Å². The molecule has 3 rings (SSSR count). The lowest BCUT2D eigenvalue weighted by Gasteiger charge is -2.25. The summed E-state index contributed by atoms with van der Waals surface area (Å²) in [6.07, 6.45) is 2.23. The van der Waals surface area contributed by atoms with Crippen molar-refractivity contribution in [3.05, 3.63) is 34.6 Å². The summed E-state index contributed by atoms with van der Waals surface area (Å²) in [5, 5.41) is -0.00699. The summed E-state index contributed by atoms with van der Waals surface area (Å²) in [5.74, 6) is 0.0371. The molecule has 20 heavy (non-hydrogen) atoms. The van der Waals surface area contributed by atoms with Crippen LogP contribution in [0, 0.1) is 0 Å². The van der Waals surface area contributed by atoms with E-state index in [1.807, 2.05) is 0 Å². The smallest absolute Gasteiger partial charge is 0.365 e. The van der Waals surface area contributed by atoms with Gasteiger partial charge in [-0.1, -0.05) is 0 Å². The third kappa shape index (κ3) is 1.64. The van der Waals surface area contributed by atoms with Crippen LogP contribution in [0.5, 0.6) is 0 Å². The molecule has 0 aromatic rings. The summed E-state index contributed by atoms with van der Waals surface area (Å²) in [5.41, 5.74) is 3.87. The lowest BCUT2D eigenvalue weighted by molar-refractivity contribution is -0.121. The predicted molar refractivity (Wildman–Crippen MR) is 68.4 cm³/mol. The third-order valence-electron chi connectivity index (χ3n) is 3.50. The maximum atomic E-state index is 12.7. The fourth-order valence-electron chi connectivity index (χ4n) is 2.53. The van der Waals surface area contributed by atoms with E-state index in [0.717, 1.165) is 0 Å². The van der Waals surface area contributed by atoms with Gasteiger partial charge in [0.15, 0.2) is 11.9 Å². The van der Waals surface area contributed by atoms with Crippen molar-refractivity contribution in [1.82, 2.24) is 5.48 Å². The van der Waals surface area contributed by atoms with Crippen molar-refractivity contribution < 1.29 is 28.0 Å². The number of Topliss-reactive ketones (excluding diaryl/α,β-unsaturated/α-hetero) is 1. The number of rotatable bonds is 3. The van der Waals surface area contributed by atoms with Gasteiger partial charge in [-0.3, -0.25) is 9.36 Å². The second-order valence-electron chi connectivity index (χ2n) is 4.53. The molecule has 8 heteroatoms. The summed E-state index contributed by atoms with van der Waals surface area (Å²) in [4.78, 5) is 18.0. The summed E-state index contributed by atoms with van der Waals surface area (Å²) in [6.45, 7) is 1.80. The molecule has 2 aliphatic heterocycles. The Labute approximate surface area is 115 Å². The molecule has 2 atom stereocenters. The van der Waals surface area contributed by atoms with Crippen LogP contribution < -0.4 is 5.48 Å². The van der Waals surface area contributed by atoms with Crippen molar-refractivity contribution in [2.75, 3.05) is 14.2 Å². The molecular formula is C12H14NO6P. The highest BCUT2D eigenvalue weighted by molar-refractivity contribution is 7.60. The minimum Gasteiger partial charge on any atom is -0.485 e. The van der Waals surface area contributed by atoms with Gasteiger partial charge >= 0.3 is 7.60 Å². The van der Waals surface area contributed by atoms with Gasteiger partial charge in [0.25, 0.3) is 0 Å². The van der Waals surface area contributed by atoms with Crippen LogP contribution in [0.25, 0.3) is 0 Å². The Balaban J connectivity index is 2.27. The first kappa shape index (κ1) is 13.6. The van der Waals surface area contributed by atoms with E-state index < -0.39 is 19.5 Å². The zero-order valence-corrected chi connectivity index (χ0v) is 12.1. The van der Waals surface area contributed by atoms with Crippen LogP contribution in [0.1, 0.15) is 6.92 Å². The molecule has 0 aromatic heterocycles. The number of hydrogen-bond donors (Lipinski definition) is 1. The monoisotopic (exact) mass is 299 g/mol. The number of ether oxygens (including phenoxy) is 1. The molecule has 1 saturated heterocycles. The summed E-state index contributed by atoms with van der Waals surface area (Å²) < 4.78 is 27.9. The van der Waals surface area contributed by atoms with Crippen LogP contribution in [0.15, 0.2) is 34.6 Å². The minimum atomic E-state index is -3.70. The summed E-state index contributed by atoms with van der Waals surface area (Å²) in [6, 6.07) is -0.301. The zero-order chi connectivity index (χ0) is 14.5. The quantitative estimate of drug-likeness (QED) is 0.788. The van der Waals surface area contributed by atoms with Gasteiger partial charge in [0.05, 0.1) is 12.3 Å². The molecule has 7 nitrogen and oxygen atoms in total. The van der Waals surface area contributed by atoms with Crippen molar-refractivity contribution >= 4 is 13.4 Å². The fraction of sp³-hybridized carbons (Fsp3) is 0.417. The fourth-order valence-corrected chi connectivity index (χ4v) is 4.02. The molecule has 2 unspecified atom stereocenters. The third-order valence-corrected chi connectivity index (χ3v) is 5.47. The average molecular weight is 299 g/mol. The molecule has 2 heterocycles. The summed E-state index contributed by atoms with van der Waals surface area (Å²) >= 11 is 0. The predicted octanol–water partition coefficient (Wildman–Crippen LogP) is 1.40. The molecule has 0 spiro atoms. The van der Waals surface area contributed by atoms with E-state index in [4.69, 9.17) is 18.6 Å². The number of carbonyl (C=O) groups excluding carboxylic acids is 1. The molecule has 3 aliphatic rings. The molecule has 108 valence electrons. The second kappa shape index (κ2) is 4.56. The summed E-state index contributed by atoms with van der Waals surface area (Å²) in [7, 11) is -1.22. The van der Waals surface area contributed by atoms with Crippen molar-refractivity contribution in [3.63, 3.8) is 0 Å². The van der Waals surface area contributed by atoms with Gasteiger partial charge in [0.1, 0.15) is 5.31 Å². The van der Waals surface area contributed by atoms with E-state index in [1.54, 1.807) is 13.0 Å². The van der Waals surface area contributed by atoms with Crippen molar-refractivity contribution in [2.45, 2.75) is 19.1 Å². The Hall–Kier alpha value is -1.40. The molecule has 1 fully saturated rings. The molecule has 0 amide bonds. The first-order chi connectivity index (χ1) is 9.53. The molecule has 0 bridgehead atoms. The first-order valence-electron chi connectivity index (χ1n) is 6.03. The van der Waals surface area contributed by atoms with Crippen LogP contribution in [-0.2, 0) is 28.0 Å². The highest BCUT2D eigenvalue weighted by Crippen LogP contribution is 2.60. The number of nitrogens with one attached hydrogen (secondary N) is 1. The molecular weight excluding hydrogens is 285 g/mol. The van der Waals surface area contributed by atoms with Crippen LogP contribution in [0.2, 0.25) is 0 Å². The average Bonchev–Trinajstić information content (AvgIpc) is 3.06. The van der Waals surface area contributed by atoms with Crippen LogP contribution >= 0.6 is 7.60 Å². The number of ketones is 1. The molecule has 0 radical (unpaired) electrons. The van der Waals surface area contributed by atoms with Crippen LogP contribution in [0.3, 0.4) is 0 Å². The van der Waals surface area contributed by atoms with Crippen molar-refractivity contribution in [3.8, 4) is 0 Å².